The van der Waals surface area contributed by atoms with E-state index in [0.29, 0.717) is 12.8 Å². The molecule has 1 atom stereocenters. The minimum Gasteiger partial charge on any atom is -0.454 e. The molecule has 3 heteroatoms. The van der Waals surface area contributed by atoms with Gasteiger partial charge >= 0.3 is 0 Å². The summed E-state index contributed by atoms with van der Waals surface area (Å²) < 4.78 is 10.9. The molecule has 1 heterocycles. The van der Waals surface area contributed by atoms with Gasteiger partial charge in [0, 0.05) is 6.04 Å². The summed E-state index contributed by atoms with van der Waals surface area (Å²) in [6.45, 7) is 9.57. The molecule has 2 rings (SSSR count). The lowest BCUT2D eigenvalue weighted by Gasteiger charge is -2.31. The summed E-state index contributed by atoms with van der Waals surface area (Å²) in [5.41, 5.74) is 1.36. The van der Waals surface area contributed by atoms with Crippen LogP contribution in [0.15, 0.2) is 18.2 Å². The van der Waals surface area contributed by atoms with Crippen molar-refractivity contribution in [1.29, 1.82) is 0 Å². The summed E-state index contributed by atoms with van der Waals surface area (Å²) in [5.74, 6) is 1.78. The molecule has 1 aliphatic rings. The Labute approximate surface area is 129 Å². The van der Waals surface area contributed by atoms with Crippen molar-refractivity contribution in [2.24, 2.45) is 0 Å². The third-order valence-electron chi connectivity index (χ3n) is 4.07. The Balaban J connectivity index is 2.07. The van der Waals surface area contributed by atoms with Crippen LogP contribution in [-0.2, 0) is 6.42 Å². The molecule has 21 heavy (non-hydrogen) atoms. The van der Waals surface area contributed by atoms with Crippen molar-refractivity contribution in [1.82, 2.24) is 4.90 Å². The third kappa shape index (κ3) is 4.37. The molecule has 3 nitrogen and oxygen atoms in total. The zero-order valence-electron chi connectivity index (χ0n) is 13.7. The second-order valence-electron chi connectivity index (χ2n) is 5.87. The van der Waals surface area contributed by atoms with E-state index in [1.807, 2.05) is 6.07 Å². The van der Waals surface area contributed by atoms with E-state index in [1.165, 1.54) is 44.3 Å². The molecule has 0 saturated carbocycles. The Hall–Kier alpha value is -1.22. The zero-order valence-corrected chi connectivity index (χ0v) is 13.7. The van der Waals surface area contributed by atoms with Crippen molar-refractivity contribution >= 4 is 0 Å². The predicted octanol–water partition coefficient (Wildman–Crippen LogP) is 4.25. The van der Waals surface area contributed by atoms with Crippen LogP contribution < -0.4 is 9.47 Å². The van der Waals surface area contributed by atoms with Crippen LogP contribution in [0.4, 0.5) is 0 Å². The van der Waals surface area contributed by atoms with Crippen molar-refractivity contribution in [2.45, 2.75) is 58.9 Å². The molecule has 0 aliphatic carbocycles. The van der Waals surface area contributed by atoms with Gasteiger partial charge in [-0.2, -0.15) is 0 Å². The zero-order chi connectivity index (χ0) is 15.1. The van der Waals surface area contributed by atoms with Gasteiger partial charge in [0.15, 0.2) is 11.5 Å². The lowest BCUT2D eigenvalue weighted by atomic mass is 9.99. The highest BCUT2D eigenvalue weighted by atomic mass is 16.7. The minimum atomic E-state index is 0.356. The number of hydrogen-bond donors (Lipinski definition) is 0. The van der Waals surface area contributed by atoms with E-state index >= 15 is 0 Å². The fourth-order valence-electron chi connectivity index (χ4n) is 3.14. The highest BCUT2D eigenvalue weighted by Gasteiger charge is 2.19. The normalized spacial score (nSPS) is 14.7. The average Bonchev–Trinajstić information content (AvgIpc) is 2.94. The first-order valence-electron chi connectivity index (χ1n) is 8.41. The summed E-state index contributed by atoms with van der Waals surface area (Å²) in [6.07, 6.45) is 6.04. The van der Waals surface area contributed by atoms with Crippen molar-refractivity contribution in [3.05, 3.63) is 23.8 Å². The molecule has 0 saturated heterocycles. The molecule has 0 bridgehead atoms. The topological polar surface area (TPSA) is 21.7 Å². The summed E-state index contributed by atoms with van der Waals surface area (Å²) in [5, 5.41) is 0. The summed E-state index contributed by atoms with van der Waals surface area (Å²) >= 11 is 0. The van der Waals surface area contributed by atoms with Crippen molar-refractivity contribution in [3.8, 4) is 11.5 Å². The van der Waals surface area contributed by atoms with Gasteiger partial charge in [-0.3, -0.25) is 0 Å². The Bertz CT molecular complexity index is 427. The number of fused-ring (bicyclic) bond motifs is 1. The molecule has 0 aromatic heterocycles. The van der Waals surface area contributed by atoms with E-state index in [0.717, 1.165) is 17.9 Å². The van der Waals surface area contributed by atoms with E-state index in [2.05, 4.69) is 37.8 Å². The smallest absolute Gasteiger partial charge is 0.231 e. The first-order valence-corrected chi connectivity index (χ1v) is 8.41. The Kier molecular flexibility index (Phi) is 6.37. The number of ether oxygens (including phenoxy) is 2. The van der Waals surface area contributed by atoms with Crippen molar-refractivity contribution in [3.63, 3.8) is 0 Å². The van der Waals surface area contributed by atoms with Crippen LogP contribution in [0.2, 0.25) is 0 Å². The molecule has 0 fully saturated rings. The largest absolute Gasteiger partial charge is 0.454 e. The SMILES string of the molecule is CCCC(Cc1ccc2c(c1)OCO2)N(CCC)CCC. The number of rotatable bonds is 9. The van der Waals surface area contributed by atoms with Gasteiger partial charge in [0.05, 0.1) is 0 Å². The Morgan fingerprint density at radius 3 is 2.38 bits per heavy atom. The molecular weight excluding hydrogens is 262 g/mol. The first kappa shape index (κ1) is 16.2. The van der Waals surface area contributed by atoms with Crippen LogP contribution in [0, 0.1) is 0 Å². The molecule has 0 N–H and O–H groups in total. The number of benzene rings is 1. The number of hydrogen-bond acceptors (Lipinski definition) is 3. The average molecular weight is 291 g/mol. The number of nitrogens with zero attached hydrogens (tertiary/aromatic N) is 1. The first-order chi connectivity index (χ1) is 10.3. The molecule has 0 radical (unpaired) electrons. The van der Waals surface area contributed by atoms with Crippen molar-refractivity contribution in [2.75, 3.05) is 19.9 Å². The van der Waals surface area contributed by atoms with Gasteiger partial charge in [0.1, 0.15) is 0 Å². The van der Waals surface area contributed by atoms with Crippen LogP contribution >= 0.6 is 0 Å². The molecule has 0 amide bonds. The van der Waals surface area contributed by atoms with Crippen LogP contribution in [0.25, 0.3) is 0 Å². The fraction of sp³-hybridized carbons (Fsp3) is 0.667. The molecular formula is C18H29NO2. The van der Waals surface area contributed by atoms with Crippen LogP contribution in [0.3, 0.4) is 0 Å². The van der Waals surface area contributed by atoms with E-state index in [9.17, 15) is 0 Å². The highest BCUT2D eigenvalue weighted by molar-refractivity contribution is 5.44. The van der Waals surface area contributed by atoms with Crippen LogP contribution in [-0.4, -0.2) is 30.8 Å². The highest BCUT2D eigenvalue weighted by Crippen LogP contribution is 2.33. The van der Waals surface area contributed by atoms with E-state index < -0.39 is 0 Å². The molecule has 118 valence electrons. The maximum Gasteiger partial charge on any atom is 0.231 e. The maximum atomic E-state index is 5.50. The molecule has 1 aliphatic heterocycles. The summed E-state index contributed by atoms with van der Waals surface area (Å²) in [6, 6.07) is 7.02. The lowest BCUT2D eigenvalue weighted by molar-refractivity contribution is 0.173. The lowest BCUT2D eigenvalue weighted by Crippen LogP contribution is -2.38. The van der Waals surface area contributed by atoms with Gasteiger partial charge in [-0.25, -0.2) is 0 Å². The standard InChI is InChI=1S/C18H29NO2/c1-4-7-16(19(10-5-2)11-6-3)12-15-8-9-17-18(13-15)21-14-20-17/h8-9,13,16H,4-7,10-12,14H2,1-3H3. The summed E-state index contributed by atoms with van der Waals surface area (Å²) in [7, 11) is 0. The monoisotopic (exact) mass is 291 g/mol. The van der Waals surface area contributed by atoms with Gasteiger partial charge in [-0.1, -0.05) is 33.3 Å². The van der Waals surface area contributed by atoms with Gasteiger partial charge < -0.3 is 14.4 Å². The van der Waals surface area contributed by atoms with E-state index in [4.69, 9.17) is 9.47 Å². The minimum absolute atomic E-state index is 0.356. The quantitative estimate of drug-likeness (QED) is 0.679. The van der Waals surface area contributed by atoms with Gasteiger partial charge in [0.25, 0.3) is 0 Å². The molecule has 1 unspecified atom stereocenters. The van der Waals surface area contributed by atoms with Crippen LogP contribution in [0.5, 0.6) is 11.5 Å². The van der Waals surface area contributed by atoms with Gasteiger partial charge in [-0.05, 0) is 56.5 Å². The second-order valence-corrected chi connectivity index (χ2v) is 5.87. The van der Waals surface area contributed by atoms with Crippen LogP contribution in [0.1, 0.15) is 52.0 Å². The predicted molar refractivity (Wildman–Crippen MR) is 87.1 cm³/mol. The second kappa shape index (κ2) is 8.28. The Morgan fingerprint density at radius 2 is 1.71 bits per heavy atom. The van der Waals surface area contributed by atoms with E-state index in [1.54, 1.807) is 0 Å². The van der Waals surface area contributed by atoms with E-state index in [-0.39, 0.29) is 0 Å². The van der Waals surface area contributed by atoms with Crippen molar-refractivity contribution < 1.29 is 9.47 Å². The maximum absolute atomic E-state index is 5.50. The summed E-state index contributed by atoms with van der Waals surface area (Å²) in [4.78, 5) is 2.66. The third-order valence-corrected chi connectivity index (χ3v) is 4.07. The van der Waals surface area contributed by atoms with Gasteiger partial charge in [-0.15, -0.1) is 0 Å². The Morgan fingerprint density at radius 1 is 1.00 bits per heavy atom. The fourth-order valence-corrected chi connectivity index (χ4v) is 3.14. The molecule has 0 spiro atoms. The van der Waals surface area contributed by atoms with Gasteiger partial charge in [0.2, 0.25) is 6.79 Å². The molecule has 1 aromatic carbocycles. The molecule has 1 aromatic rings.